The van der Waals surface area contributed by atoms with E-state index < -0.39 is 21.1 Å². The monoisotopic (exact) mass is 600 g/mol. The molecule has 1 unspecified atom stereocenters. The predicted octanol–water partition coefficient (Wildman–Crippen LogP) is 3.03. The maximum absolute atomic E-state index is 14.1. The molecule has 0 bridgehead atoms. The average molecular weight is 601 g/mol. The van der Waals surface area contributed by atoms with Crippen molar-refractivity contribution in [3.63, 3.8) is 0 Å². The number of benzene rings is 1. The van der Waals surface area contributed by atoms with Crippen molar-refractivity contribution in [2.75, 3.05) is 33.2 Å². The summed E-state index contributed by atoms with van der Waals surface area (Å²) in [6, 6.07) is 4.68. The molecule has 2 saturated heterocycles. The van der Waals surface area contributed by atoms with E-state index in [1.807, 2.05) is 6.92 Å². The lowest BCUT2D eigenvalue weighted by atomic mass is 9.78. The summed E-state index contributed by atoms with van der Waals surface area (Å²) < 4.78 is 32.5. The molecule has 3 heterocycles. The largest absolute Gasteiger partial charge is 0.331 e. The van der Waals surface area contributed by atoms with Crippen LogP contribution in [0.3, 0.4) is 0 Å². The van der Waals surface area contributed by atoms with Gasteiger partial charge in [-0.2, -0.15) is 0 Å². The van der Waals surface area contributed by atoms with Gasteiger partial charge in [0.2, 0.25) is 10.0 Å². The highest BCUT2D eigenvalue weighted by Crippen LogP contribution is 2.38. The lowest BCUT2D eigenvalue weighted by Crippen LogP contribution is -2.51. The smallest absolute Gasteiger partial charge is 0.302 e. The zero-order chi connectivity index (χ0) is 29.5. The number of likely N-dealkylation sites (tertiary alicyclic amines) is 1. The van der Waals surface area contributed by atoms with E-state index in [1.165, 1.54) is 42.4 Å². The number of nitrogens with zero attached hydrogens (tertiary/aromatic N) is 4. The molecule has 11 heteroatoms. The van der Waals surface area contributed by atoms with Gasteiger partial charge in [-0.15, -0.1) is 0 Å². The van der Waals surface area contributed by atoms with E-state index >= 15 is 0 Å². The van der Waals surface area contributed by atoms with E-state index in [0.717, 1.165) is 77.5 Å². The van der Waals surface area contributed by atoms with Gasteiger partial charge in [-0.1, -0.05) is 38.5 Å². The molecule has 1 aromatic carbocycles. The Morgan fingerprint density at radius 3 is 2.24 bits per heavy atom. The van der Waals surface area contributed by atoms with E-state index in [2.05, 4.69) is 27.1 Å². The van der Waals surface area contributed by atoms with Gasteiger partial charge >= 0.3 is 5.69 Å². The minimum absolute atomic E-state index is 0.0755. The highest BCUT2D eigenvalue weighted by molar-refractivity contribution is 7.89. The highest BCUT2D eigenvalue weighted by Gasteiger charge is 2.45. The van der Waals surface area contributed by atoms with Gasteiger partial charge in [-0.05, 0) is 76.7 Å². The van der Waals surface area contributed by atoms with Gasteiger partial charge < -0.3 is 4.90 Å². The fourth-order valence-corrected chi connectivity index (χ4v) is 9.07. The van der Waals surface area contributed by atoms with Gasteiger partial charge in [0.05, 0.1) is 15.8 Å². The normalized spacial score (nSPS) is 25.0. The van der Waals surface area contributed by atoms with Gasteiger partial charge in [0, 0.05) is 50.2 Å². The summed E-state index contributed by atoms with van der Waals surface area (Å²) in [6.45, 7) is 6.20. The number of hydrogen-bond acceptors (Lipinski definition) is 7. The summed E-state index contributed by atoms with van der Waals surface area (Å²) in [7, 11) is -1.75. The van der Waals surface area contributed by atoms with Crippen LogP contribution in [-0.4, -0.2) is 71.8 Å². The topological polar surface area (TPSA) is 109 Å². The van der Waals surface area contributed by atoms with Gasteiger partial charge in [-0.3, -0.25) is 13.9 Å². The second-order valence-corrected chi connectivity index (χ2v) is 15.4. The van der Waals surface area contributed by atoms with E-state index in [-0.39, 0.29) is 22.0 Å². The van der Waals surface area contributed by atoms with Crippen molar-refractivity contribution in [3.05, 3.63) is 39.0 Å². The van der Waals surface area contributed by atoms with Crippen LogP contribution in [0.5, 0.6) is 0 Å². The molecule has 2 saturated carbocycles. The second-order valence-electron chi connectivity index (χ2n) is 13.7. The molecule has 1 aromatic heterocycles. The molecule has 2 aliphatic carbocycles. The summed E-state index contributed by atoms with van der Waals surface area (Å²) >= 11 is 0. The maximum Gasteiger partial charge on any atom is 0.331 e. The Hall–Kier alpha value is -2.05. The molecule has 4 fully saturated rings. The zero-order valence-electron chi connectivity index (χ0n) is 25.4. The van der Waals surface area contributed by atoms with Gasteiger partial charge in [0.25, 0.3) is 5.56 Å². The van der Waals surface area contributed by atoms with E-state index in [0.29, 0.717) is 24.0 Å². The third-order valence-corrected chi connectivity index (χ3v) is 11.9. The Morgan fingerprint density at radius 1 is 0.905 bits per heavy atom. The van der Waals surface area contributed by atoms with Crippen LogP contribution in [0.25, 0.3) is 10.9 Å². The molecule has 2 aliphatic heterocycles. The molecule has 2 N–H and O–H groups in total. The number of rotatable bonds is 8. The Labute approximate surface area is 249 Å². The molecule has 0 amide bonds. The SMILES string of the molecule is CN1CC(Cn2c(=O)c3cc(S(=O)(=O)NC4(C)CC4)ccc3n(CCN3CCCC3)c2=O)C2(CCCCCCCC2)N1. The summed E-state index contributed by atoms with van der Waals surface area (Å²) in [4.78, 5) is 30.7. The van der Waals surface area contributed by atoms with Crippen LogP contribution in [0.1, 0.15) is 84.0 Å². The predicted molar refractivity (Wildman–Crippen MR) is 165 cm³/mol. The van der Waals surface area contributed by atoms with Gasteiger partial charge in [0.1, 0.15) is 0 Å². The van der Waals surface area contributed by atoms with Crippen molar-refractivity contribution >= 4 is 20.9 Å². The fraction of sp³-hybridized carbons (Fsp3) is 0.742. The maximum atomic E-state index is 14.1. The molecule has 42 heavy (non-hydrogen) atoms. The van der Waals surface area contributed by atoms with Crippen LogP contribution in [0.4, 0.5) is 0 Å². The third kappa shape index (κ3) is 6.13. The summed E-state index contributed by atoms with van der Waals surface area (Å²) in [5, 5.41) is 2.43. The van der Waals surface area contributed by atoms with Crippen LogP contribution in [0.2, 0.25) is 0 Å². The first-order chi connectivity index (χ1) is 20.1. The lowest BCUT2D eigenvalue weighted by molar-refractivity contribution is 0.177. The number of aromatic nitrogens is 2. The summed E-state index contributed by atoms with van der Waals surface area (Å²) in [5.74, 6) is 0.0962. The number of hydrogen-bond donors (Lipinski definition) is 2. The van der Waals surface area contributed by atoms with E-state index in [4.69, 9.17) is 0 Å². The van der Waals surface area contributed by atoms with Crippen molar-refractivity contribution in [1.29, 1.82) is 0 Å². The average Bonchev–Trinajstić information content (AvgIpc) is 3.32. The Balaban J connectivity index is 1.41. The number of fused-ring (bicyclic) bond motifs is 1. The van der Waals surface area contributed by atoms with Crippen LogP contribution >= 0.6 is 0 Å². The van der Waals surface area contributed by atoms with Crippen molar-refractivity contribution in [3.8, 4) is 0 Å². The molecular weight excluding hydrogens is 552 g/mol. The second kappa shape index (κ2) is 11.8. The molecule has 1 spiro atoms. The van der Waals surface area contributed by atoms with Crippen molar-refractivity contribution in [2.45, 2.75) is 113 Å². The first-order valence-electron chi connectivity index (χ1n) is 16.1. The fourth-order valence-electron chi connectivity index (χ4n) is 7.58. The third-order valence-electron chi connectivity index (χ3n) is 10.3. The molecule has 1 atom stereocenters. The quantitative estimate of drug-likeness (QED) is 0.480. The van der Waals surface area contributed by atoms with E-state index in [9.17, 15) is 18.0 Å². The first kappa shape index (κ1) is 30.0. The van der Waals surface area contributed by atoms with Crippen molar-refractivity contribution in [1.82, 2.24) is 29.2 Å². The Morgan fingerprint density at radius 2 is 1.57 bits per heavy atom. The van der Waals surface area contributed by atoms with Crippen LogP contribution in [0.15, 0.2) is 32.7 Å². The minimum atomic E-state index is -3.80. The standard InChI is InChI=1S/C31H48N6O4S/c1-30(15-16-30)33-42(40,41)25-11-12-27-26(21-25)28(38)37(29(39)36(27)20-19-35-17-9-10-18-35)23-24-22-34(2)32-31(24)13-7-5-3-4-6-8-14-31/h11-12,21,24,32-33H,3-10,13-20,22-23H2,1-2H3. The van der Waals surface area contributed by atoms with Crippen molar-refractivity contribution < 1.29 is 8.42 Å². The van der Waals surface area contributed by atoms with E-state index in [1.54, 1.807) is 10.6 Å². The minimum Gasteiger partial charge on any atom is -0.302 e. The van der Waals surface area contributed by atoms with Gasteiger partial charge in [-0.25, -0.2) is 28.4 Å². The van der Waals surface area contributed by atoms with Crippen LogP contribution in [-0.2, 0) is 23.1 Å². The number of hydrazine groups is 1. The number of nitrogens with one attached hydrogen (secondary N) is 2. The molecule has 0 radical (unpaired) electrons. The van der Waals surface area contributed by atoms with Crippen LogP contribution < -0.4 is 21.4 Å². The molecule has 6 rings (SSSR count). The zero-order valence-corrected chi connectivity index (χ0v) is 26.2. The summed E-state index contributed by atoms with van der Waals surface area (Å²) in [6.07, 6.45) is 13.2. The molecule has 232 valence electrons. The molecule has 4 aliphatic rings. The lowest BCUT2D eigenvalue weighted by Gasteiger charge is -2.35. The molecule has 10 nitrogen and oxygen atoms in total. The highest BCUT2D eigenvalue weighted by atomic mass is 32.2. The summed E-state index contributed by atoms with van der Waals surface area (Å²) in [5.41, 5.74) is 3.02. The molecular formula is C31H48N6O4S. The Kier molecular flexibility index (Phi) is 8.43. The molecule has 2 aromatic rings. The first-order valence-corrected chi connectivity index (χ1v) is 17.6. The van der Waals surface area contributed by atoms with Crippen molar-refractivity contribution in [2.24, 2.45) is 5.92 Å². The van der Waals surface area contributed by atoms with Crippen LogP contribution in [0, 0.1) is 5.92 Å². The Bertz CT molecular complexity index is 1510. The van der Waals surface area contributed by atoms with Gasteiger partial charge in [0.15, 0.2) is 0 Å². The number of sulfonamides is 1.